The highest BCUT2D eigenvalue weighted by atomic mass is 32.2. The van der Waals surface area contributed by atoms with Gasteiger partial charge < -0.3 is 5.11 Å². The van der Waals surface area contributed by atoms with Crippen molar-refractivity contribution in [3.8, 4) is 0 Å². The molecule has 0 radical (unpaired) electrons. The molecule has 16 heavy (non-hydrogen) atoms. The van der Waals surface area contributed by atoms with Crippen molar-refractivity contribution in [2.75, 3.05) is 20.2 Å². The molecule has 0 aliphatic rings. The maximum Gasteiger partial charge on any atom is 0.245 e. The fourth-order valence-electron chi connectivity index (χ4n) is 1.10. The molecule has 0 saturated heterocycles. The van der Waals surface area contributed by atoms with Gasteiger partial charge in [-0.2, -0.15) is 4.31 Å². The van der Waals surface area contributed by atoms with E-state index in [1.54, 1.807) is 0 Å². The van der Waals surface area contributed by atoms with Crippen LogP contribution >= 0.6 is 0 Å². The zero-order valence-electron chi connectivity index (χ0n) is 8.52. The van der Waals surface area contributed by atoms with Gasteiger partial charge in [-0.05, 0) is 18.2 Å². The van der Waals surface area contributed by atoms with Crippen molar-refractivity contribution in [2.45, 2.75) is 4.90 Å². The molecule has 0 spiro atoms. The molecule has 0 saturated carbocycles. The minimum atomic E-state index is -4.10. The normalized spacial score (nSPS) is 12.1. The Hall–Kier alpha value is -1.05. The Morgan fingerprint density at radius 3 is 2.56 bits per heavy atom. The van der Waals surface area contributed by atoms with Crippen LogP contribution in [0.4, 0.5) is 8.78 Å². The van der Waals surface area contributed by atoms with Crippen molar-refractivity contribution in [1.82, 2.24) is 4.31 Å². The molecule has 0 aliphatic heterocycles. The van der Waals surface area contributed by atoms with Crippen LogP contribution in [0, 0.1) is 11.6 Å². The summed E-state index contributed by atoms with van der Waals surface area (Å²) >= 11 is 0. The third-order valence-corrected chi connectivity index (χ3v) is 3.87. The second kappa shape index (κ2) is 4.86. The van der Waals surface area contributed by atoms with E-state index in [1.165, 1.54) is 7.05 Å². The minimum Gasteiger partial charge on any atom is -0.395 e. The van der Waals surface area contributed by atoms with Crippen molar-refractivity contribution < 1.29 is 22.3 Å². The van der Waals surface area contributed by atoms with E-state index in [2.05, 4.69) is 0 Å². The highest BCUT2D eigenvalue weighted by Gasteiger charge is 2.24. The zero-order valence-corrected chi connectivity index (χ0v) is 9.34. The minimum absolute atomic E-state index is 0.182. The van der Waals surface area contributed by atoms with Crippen LogP contribution in [-0.4, -0.2) is 38.0 Å². The molecule has 4 nitrogen and oxygen atoms in total. The van der Waals surface area contributed by atoms with E-state index in [0.29, 0.717) is 6.07 Å². The van der Waals surface area contributed by atoms with E-state index in [9.17, 15) is 17.2 Å². The molecule has 1 aromatic rings. The summed E-state index contributed by atoms with van der Waals surface area (Å²) < 4.78 is 50.2. The summed E-state index contributed by atoms with van der Waals surface area (Å²) in [7, 11) is -2.92. The van der Waals surface area contributed by atoms with Crippen molar-refractivity contribution in [3.63, 3.8) is 0 Å². The number of sulfonamides is 1. The fourth-order valence-corrected chi connectivity index (χ4v) is 2.34. The van der Waals surface area contributed by atoms with Gasteiger partial charge in [-0.25, -0.2) is 17.2 Å². The predicted molar refractivity (Wildman–Crippen MR) is 53.3 cm³/mol. The third kappa shape index (κ3) is 2.55. The summed E-state index contributed by atoms with van der Waals surface area (Å²) in [5.74, 6) is -1.86. The number of hydrogen-bond donors (Lipinski definition) is 1. The van der Waals surface area contributed by atoms with Crippen molar-refractivity contribution in [3.05, 3.63) is 29.8 Å². The fraction of sp³-hybridized carbons (Fsp3) is 0.333. The monoisotopic (exact) mass is 251 g/mol. The molecule has 90 valence electrons. The third-order valence-electron chi connectivity index (χ3n) is 2.00. The van der Waals surface area contributed by atoms with Gasteiger partial charge in [-0.3, -0.25) is 0 Å². The van der Waals surface area contributed by atoms with Crippen LogP contribution in [0.1, 0.15) is 0 Å². The van der Waals surface area contributed by atoms with Crippen molar-refractivity contribution in [1.29, 1.82) is 0 Å². The average Bonchev–Trinajstić information content (AvgIpc) is 2.22. The first-order valence-electron chi connectivity index (χ1n) is 4.42. The quantitative estimate of drug-likeness (QED) is 0.851. The zero-order chi connectivity index (χ0) is 12.3. The molecule has 1 rings (SSSR count). The van der Waals surface area contributed by atoms with Crippen LogP contribution in [0.3, 0.4) is 0 Å². The Morgan fingerprint density at radius 1 is 1.38 bits per heavy atom. The first-order chi connectivity index (χ1) is 7.39. The van der Waals surface area contributed by atoms with Gasteiger partial charge in [0.1, 0.15) is 16.5 Å². The Labute approximate surface area is 92.2 Å². The van der Waals surface area contributed by atoms with Crippen LogP contribution in [0.5, 0.6) is 0 Å². The van der Waals surface area contributed by atoms with Crippen LogP contribution < -0.4 is 0 Å². The molecule has 0 atom stereocenters. The summed E-state index contributed by atoms with van der Waals surface area (Å²) in [6, 6.07) is 2.19. The second-order valence-corrected chi connectivity index (χ2v) is 5.14. The van der Waals surface area contributed by atoms with Gasteiger partial charge in [0.25, 0.3) is 0 Å². The maximum atomic E-state index is 13.2. The summed E-state index contributed by atoms with van der Waals surface area (Å²) in [4.78, 5) is -0.733. The summed E-state index contributed by atoms with van der Waals surface area (Å²) in [6.07, 6.45) is 0. The maximum absolute atomic E-state index is 13.2. The molecule has 1 N–H and O–H groups in total. The van der Waals surface area contributed by atoms with Crippen LogP contribution in [0.25, 0.3) is 0 Å². The van der Waals surface area contributed by atoms with E-state index < -0.39 is 33.2 Å². The van der Waals surface area contributed by atoms with E-state index in [4.69, 9.17) is 5.11 Å². The van der Waals surface area contributed by atoms with Gasteiger partial charge in [0, 0.05) is 13.6 Å². The Balaban J connectivity index is 3.21. The number of hydrogen-bond acceptors (Lipinski definition) is 3. The molecule has 0 unspecified atom stereocenters. The van der Waals surface area contributed by atoms with Gasteiger partial charge in [0.2, 0.25) is 10.0 Å². The van der Waals surface area contributed by atoms with Gasteiger partial charge in [0.15, 0.2) is 0 Å². The lowest BCUT2D eigenvalue weighted by molar-refractivity contribution is 0.266. The molecule has 0 fully saturated rings. The van der Waals surface area contributed by atoms with E-state index >= 15 is 0 Å². The second-order valence-electron chi connectivity index (χ2n) is 3.12. The lowest BCUT2D eigenvalue weighted by Crippen LogP contribution is -2.30. The topological polar surface area (TPSA) is 57.6 Å². The highest BCUT2D eigenvalue weighted by Crippen LogP contribution is 2.19. The molecule has 0 bridgehead atoms. The number of nitrogens with zero attached hydrogens (tertiary/aromatic N) is 1. The number of likely N-dealkylation sites (N-methyl/N-ethyl adjacent to an activating group) is 1. The molecular formula is C9H11F2NO3S. The number of aliphatic hydroxyl groups is 1. The molecule has 1 aromatic carbocycles. The lowest BCUT2D eigenvalue weighted by Gasteiger charge is -2.16. The Bertz CT molecular complexity index is 476. The number of halogens is 2. The standard InChI is InChI=1S/C9H11F2NO3S/c1-12(4-5-13)16(14,15)9-6-7(10)2-3-8(9)11/h2-3,6,13H,4-5H2,1H3. The molecular weight excluding hydrogens is 240 g/mol. The first kappa shape index (κ1) is 13.0. The number of benzene rings is 1. The average molecular weight is 251 g/mol. The van der Waals surface area contributed by atoms with Crippen LogP contribution in [0.15, 0.2) is 23.1 Å². The van der Waals surface area contributed by atoms with E-state index in [-0.39, 0.29) is 6.54 Å². The Morgan fingerprint density at radius 2 is 2.00 bits per heavy atom. The van der Waals surface area contributed by atoms with Crippen LogP contribution in [-0.2, 0) is 10.0 Å². The molecule has 0 aromatic heterocycles. The van der Waals surface area contributed by atoms with E-state index in [0.717, 1.165) is 16.4 Å². The number of aliphatic hydroxyl groups excluding tert-OH is 1. The smallest absolute Gasteiger partial charge is 0.245 e. The summed E-state index contributed by atoms with van der Waals surface area (Å²) in [5.41, 5.74) is 0. The SMILES string of the molecule is CN(CCO)S(=O)(=O)c1cc(F)ccc1F. The van der Waals surface area contributed by atoms with Gasteiger partial charge in [-0.15, -0.1) is 0 Å². The molecule has 0 aliphatic carbocycles. The molecule has 7 heteroatoms. The summed E-state index contributed by atoms with van der Waals surface area (Å²) in [6.45, 7) is -0.578. The van der Waals surface area contributed by atoms with Crippen LogP contribution in [0.2, 0.25) is 0 Å². The predicted octanol–water partition coefficient (Wildman–Crippen LogP) is 0.578. The molecule has 0 heterocycles. The Kier molecular flexibility index (Phi) is 3.95. The van der Waals surface area contributed by atoms with Gasteiger partial charge in [-0.1, -0.05) is 0 Å². The van der Waals surface area contributed by atoms with Gasteiger partial charge >= 0.3 is 0 Å². The van der Waals surface area contributed by atoms with Gasteiger partial charge in [0.05, 0.1) is 6.61 Å². The largest absolute Gasteiger partial charge is 0.395 e. The molecule has 0 amide bonds. The number of rotatable bonds is 4. The van der Waals surface area contributed by atoms with Crippen molar-refractivity contribution >= 4 is 10.0 Å². The summed E-state index contributed by atoms with van der Waals surface area (Å²) in [5, 5.41) is 8.60. The van der Waals surface area contributed by atoms with E-state index in [1.807, 2.05) is 0 Å². The van der Waals surface area contributed by atoms with Crippen molar-refractivity contribution in [2.24, 2.45) is 0 Å². The lowest BCUT2D eigenvalue weighted by atomic mass is 10.3. The first-order valence-corrected chi connectivity index (χ1v) is 5.86. The highest BCUT2D eigenvalue weighted by molar-refractivity contribution is 7.89.